The molecule has 0 bridgehead atoms. The van der Waals surface area contributed by atoms with Crippen LogP contribution in [0.25, 0.3) is 10.9 Å². The predicted octanol–water partition coefficient (Wildman–Crippen LogP) is 2.32. The first kappa shape index (κ1) is 17.7. The molecule has 0 radical (unpaired) electrons. The monoisotopic (exact) mass is 350 g/mol. The predicted molar refractivity (Wildman–Crippen MR) is 100 cm³/mol. The van der Waals surface area contributed by atoms with Gasteiger partial charge in [-0.15, -0.1) is 0 Å². The van der Waals surface area contributed by atoms with E-state index in [-0.39, 0.29) is 18.4 Å². The van der Waals surface area contributed by atoms with Gasteiger partial charge in [0.2, 0.25) is 11.8 Å². The summed E-state index contributed by atoms with van der Waals surface area (Å²) in [5.41, 5.74) is 3.29. The summed E-state index contributed by atoms with van der Waals surface area (Å²) in [4.78, 5) is 30.8. The number of carbonyl (C=O) groups is 2. The van der Waals surface area contributed by atoms with Gasteiger partial charge in [0.1, 0.15) is 0 Å². The third kappa shape index (κ3) is 4.92. The average Bonchev–Trinajstić information content (AvgIpc) is 3.09. The van der Waals surface area contributed by atoms with E-state index >= 15 is 0 Å². The molecule has 3 rings (SSSR count). The van der Waals surface area contributed by atoms with E-state index in [1.807, 2.05) is 36.5 Å². The number of aryl methyl sites for hydroxylation is 1. The number of nitrogens with one attached hydrogen (secondary N) is 3. The van der Waals surface area contributed by atoms with Crippen molar-refractivity contribution < 1.29 is 9.59 Å². The zero-order valence-electron chi connectivity index (χ0n) is 14.5. The molecule has 0 unspecified atom stereocenters. The number of amides is 2. The number of para-hydroxylation sites is 1. The lowest BCUT2D eigenvalue weighted by Crippen LogP contribution is -2.36. The maximum atomic E-state index is 11.9. The van der Waals surface area contributed by atoms with Gasteiger partial charge in [0.15, 0.2) is 0 Å². The van der Waals surface area contributed by atoms with Crippen LogP contribution in [0.15, 0.2) is 55.0 Å². The number of benzene rings is 1. The lowest BCUT2D eigenvalue weighted by atomic mass is 10.1. The van der Waals surface area contributed by atoms with Gasteiger partial charge < -0.3 is 15.6 Å². The highest BCUT2D eigenvalue weighted by Crippen LogP contribution is 2.19. The van der Waals surface area contributed by atoms with Crippen molar-refractivity contribution in [3.05, 3.63) is 66.1 Å². The fourth-order valence-electron chi connectivity index (χ4n) is 2.81. The highest BCUT2D eigenvalue weighted by Gasteiger charge is 2.07. The maximum absolute atomic E-state index is 11.9. The van der Waals surface area contributed by atoms with E-state index in [9.17, 15) is 9.59 Å². The topological polar surface area (TPSA) is 86.9 Å². The molecular weight excluding hydrogens is 328 g/mol. The van der Waals surface area contributed by atoms with Crippen LogP contribution < -0.4 is 10.6 Å². The van der Waals surface area contributed by atoms with Crippen LogP contribution in [0.3, 0.4) is 0 Å². The number of rotatable bonds is 8. The number of aromatic amines is 1. The molecule has 2 aromatic heterocycles. The lowest BCUT2D eigenvalue weighted by Gasteiger charge is -2.07. The van der Waals surface area contributed by atoms with Crippen LogP contribution in [0.4, 0.5) is 0 Å². The number of H-pyrrole nitrogens is 1. The van der Waals surface area contributed by atoms with E-state index in [4.69, 9.17) is 0 Å². The molecule has 0 saturated carbocycles. The Morgan fingerprint density at radius 3 is 2.65 bits per heavy atom. The molecule has 2 heterocycles. The molecule has 0 aliphatic carbocycles. The summed E-state index contributed by atoms with van der Waals surface area (Å²) in [7, 11) is 0. The van der Waals surface area contributed by atoms with Crippen molar-refractivity contribution in [3.8, 4) is 0 Å². The van der Waals surface area contributed by atoms with E-state index < -0.39 is 0 Å². The minimum atomic E-state index is -0.202. The van der Waals surface area contributed by atoms with E-state index in [0.717, 1.165) is 23.9 Å². The molecule has 0 atom stereocenters. The fraction of sp³-hybridized carbons (Fsp3) is 0.250. The lowest BCUT2D eigenvalue weighted by molar-refractivity contribution is -0.126. The summed E-state index contributed by atoms with van der Waals surface area (Å²) in [6.07, 6.45) is 7.32. The first-order valence-electron chi connectivity index (χ1n) is 8.69. The van der Waals surface area contributed by atoms with Crippen molar-refractivity contribution in [2.75, 3.05) is 6.54 Å². The van der Waals surface area contributed by atoms with Crippen LogP contribution in [-0.2, 0) is 22.6 Å². The summed E-state index contributed by atoms with van der Waals surface area (Å²) in [6, 6.07) is 11.8. The molecular formula is C20H22N4O2. The first-order valence-corrected chi connectivity index (χ1v) is 8.69. The van der Waals surface area contributed by atoms with E-state index in [0.29, 0.717) is 13.0 Å². The van der Waals surface area contributed by atoms with Gasteiger partial charge >= 0.3 is 0 Å². The number of nitrogens with zero attached hydrogens (tertiary/aromatic N) is 1. The molecule has 0 aliphatic heterocycles. The Morgan fingerprint density at radius 2 is 1.81 bits per heavy atom. The summed E-state index contributed by atoms with van der Waals surface area (Å²) in [6.45, 7) is 0.425. The van der Waals surface area contributed by atoms with Crippen molar-refractivity contribution in [1.82, 2.24) is 20.6 Å². The molecule has 6 heteroatoms. The largest absolute Gasteiger partial charge is 0.361 e. The van der Waals surface area contributed by atoms with Crippen LogP contribution in [-0.4, -0.2) is 28.3 Å². The molecule has 0 aliphatic rings. The normalized spacial score (nSPS) is 10.6. The molecule has 0 saturated heterocycles. The first-order chi connectivity index (χ1) is 12.7. The number of pyridine rings is 1. The van der Waals surface area contributed by atoms with Crippen LogP contribution in [0.2, 0.25) is 0 Å². The summed E-state index contributed by atoms with van der Waals surface area (Å²) in [5.74, 6) is -0.310. The van der Waals surface area contributed by atoms with E-state index in [1.165, 1.54) is 10.9 Å². The fourth-order valence-corrected chi connectivity index (χ4v) is 2.81. The number of fused-ring (bicyclic) bond motifs is 1. The van der Waals surface area contributed by atoms with Crippen LogP contribution in [0.1, 0.15) is 24.0 Å². The van der Waals surface area contributed by atoms with Crippen LogP contribution >= 0.6 is 0 Å². The summed E-state index contributed by atoms with van der Waals surface area (Å²) in [5, 5.41) is 6.63. The molecule has 6 nitrogen and oxygen atoms in total. The van der Waals surface area contributed by atoms with Crippen molar-refractivity contribution in [1.29, 1.82) is 0 Å². The highest BCUT2D eigenvalue weighted by atomic mass is 16.2. The average molecular weight is 350 g/mol. The van der Waals surface area contributed by atoms with Crippen molar-refractivity contribution >= 4 is 22.7 Å². The summed E-state index contributed by atoms with van der Waals surface area (Å²) < 4.78 is 0. The molecule has 0 fully saturated rings. The molecule has 3 aromatic rings. The zero-order valence-corrected chi connectivity index (χ0v) is 14.5. The van der Waals surface area contributed by atoms with Gasteiger partial charge in [0.05, 0.1) is 6.54 Å². The number of hydrogen-bond donors (Lipinski definition) is 3. The molecule has 2 amide bonds. The third-order valence-corrected chi connectivity index (χ3v) is 4.21. The molecule has 1 aromatic carbocycles. The molecule has 134 valence electrons. The zero-order chi connectivity index (χ0) is 18.2. The number of aromatic nitrogens is 2. The Bertz CT molecular complexity index is 874. The SMILES string of the molecule is O=C(CCCc1c[nH]c2ccccc12)NCC(=O)NCc1ccncc1. The van der Waals surface area contributed by atoms with Crippen molar-refractivity contribution in [2.45, 2.75) is 25.8 Å². The third-order valence-electron chi connectivity index (χ3n) is 4.21. The molecule has 3 N–H and O–H groups in total. The van der Waals surface area contributed by atoms with E-state index in [1.54, 1.807) is 12.4 Å². The summed E-state index contributed by atoms with van der Waals surface area (Å²) >= 11 is 0. The second-order valence-corrected chi connectivity index (χ2v) is 6.12. The standard InChI is InChI=1S/C20H22N4O2/c25-19(24-14-20(26)23-12-15-8-10-21-11-9-15)7-3-4-16-13-22-18-6-2-1-5-17(16)18/h1-2,5-6,8-11,13,22H,3-4,7,12,14H2,(H,23,26)(H,24,25). The van der Waals surface area contributed by atoms with Gasteiger partial charge in [0, 0.05) is 42.5 Å². The van der Waals surface area contributed by atoms with Gasteiger partial charge in [-0.2, -0.15) is 0 Å². The van der Waals surface area contributed by atoms with E-state index in [2.05, 4.69) is 26.7 Å². The molecule has 26 heavy (non-hydrogen) atoms. The van der Waals surface area contributed by atoms with Gasteiger partial charge in [0.25, 0.3) is 0 Å². The second kappa shape index (κ2) is 8.80. The minimum absolute atomic E-state index is 0.00297. The quantitative estimate of drug-likeness (QED) is 0.583. The Balaban J connectivity index is 1.34. The number of hydrogen-bond acceptors (Lipinski definition) is 3. The van der Waals surface area contributed by atoms with Crippen molar-refractivity contribution in [3.63, 3.8) is 0 Å². The second-order valence-electron chi connectivity index (χ2n) is 6.12. The van der Waals surface area contributed by atoms with Gasteiger partial charge in [-0.1, -0.05) is 18.2 Å². The van der Waals surface area contributed by atoms with Crippen LogP contribution in [0.5, 0.6) is 0 Å². The Morgan fingerprint density at radius 1 is 1.00 bits per heavy atom. The van der Waals surface area contributed by atoms with Gasteiger partial charge in [-0.25, -0.2) is 0 Å². The Labute approximate surface area is 152 Å². The van der Waals surface area contributed by atoms with Gasteiger partial charge in [-0.3, -0.25) is 14.6 Å². The van der Waals surface area contributed by atoms with Crippen molar-refractivity contribution in [2.24, 2.45) is 0 Å². The number of carbonyl (C=O) groups excluding carboxylic acids is 2. The highest BCUT2D eigenvalue weighted by molar-refractivity contribution is 5.85. The van der Waals surface area contributed by atoms with Gasteiger partial charge in [-0.05, 0) is 42.2 Å². The van der Waals surface area contributed by atoms with Crippen LogP contribution in [0, 0.1) is 0 Å². The molecule has 0 spiro atoms. The minimum Gasteiger partial charge on any atom is -0.361 e. The Hall–Kier alpha value is -3.15. The smallest absolute Gasteiger partial charge is 0.239 e. The Kier molecular flexibility index (Phi) is 5.98. The maximum Gasteiger partial charge on any atom is 0.239 e.